The van der Waals surface area contributed by atoms with Crippen LogP contribution >= 0.6 is 8.58 Å². The molecule has 2 saturated heterocycles. The van der Waals surface area contributed by atoms with E-state index in [0.717, 1.165) is 46.7 Å². The summed E-state index contributed by atoms with van der Waals surface area (Å²) in [7, 11) is 2.68. The van der Waals surface area contributed by atoms with Crippen molar-refractivity contribution < 1.29 is 4.79 Å². The molecule has 6 heterocycles. The van der Waals surface area contributed by atoms with Gasteiger partial charge in [-0.3, -0.25) is 14.7 Å². The lowest BCUT2D eigenvalue weighted by Crippen LogP contribution is -2.52. The lowest BCUT2D eigenvalue weighted by atomic mass is 10.0. The number of aromatic nitrogens is 3. The van der Waals surface area contributed by atoms with E-state index in [9.17, 15) is 4.79 Å². The molecule has 6 rings (SSSR count). The van der Waals surface area contributed by atoms with Gasteiger partial charge in [0, 0.05) is 62.9 Å². The van der Waals surface area contributed by atoms with Crippen LogP contribution in [0.3, 0.4) is 0 Å². The molecule has 2 unspecified atom stereocenters. The second-order valence-corrected chi connectivity index (χ2v) is 11.6. The lowest BCUT2D eigenvalue weighted by Gasteiger charge is -2.43. The number of rotatable bonds is 3. The van der Waals surface area contributed by atoms with Crippen LogP contribution in [0, 0.1) is 13.8 Å². The van der Waals surface area contributed by atoms with Crippen molar-refractivity contribution in [3.8, 4) is 0 Å². The fraction of sp³-hybridized carbons (Fsp3) is 0.500. The average molecular weight is 492 g/mol. The molecule has 0 radical (unpaired) electrons. The number of fused-ring (bicyclic) bond motifs is 2. The molecule has 9 heteroatoms. The molecule has 0 bridgehead atoms. The summed E-state index contributed by atoms with van der Waals surface area (Å²) in [5, 5.41) is 5.78. The summed E-state index contributed by atoms with van der Waals surface area (Å²) in [6.07, 6.45) is 12.6. The predicted octanol–water partition coefficient (Wildman–Crippen LogP) is 2.66. The molecule has 0 aromatic carbocycles. The number of carbonyl (C=O) groups excluding carboxylic acids is 1. The number of hydrogen-bond acceptors (Lipinski definition) is 6. The Balaban J connectivity index is 1.14. The third-order valence-electron chi connectivity index (χ3n) is 7.77. The van der Waals surface area contributed by atoms with Gasteiger partial charge in [-0.1, -0.05) is 14.7 Å². The van der Waals surface area contributed by atoms with Gasteiger partial charge in [0.25, 0.3) is 5.91 Å². The summed E-state index contributed by atoms with van der Waals surface area (Å²) in [5.41, 5.74) is 4.93. The maximum atomic E-state index is 13.2. The van der Waals surface area contributed by atoms with Gasteiger partial charge in [0.15, 0.2) is 0 Å². The van der Waals surface area contributed by atoms with Crippen molar-refractivity contribution in [3.63, 3.8) is 0 Å². The second-order valence-electron chi connectivity index (χ2n) is 10.2. The van der Waals surface area contributed by atoms with Crippen molar-refractivity contribution in [2.24, 2.45) is 0 Å². The van der Waals surface area contributed by atoms with Crippen molar-refractivity contribution in [1.29, 1.82) is 0 Å². The van der Waals surface area contributed by atoms with Gasteiger partial charge in [-0.15, -0.1) is 0 Å². The zero-order valence-electron chi connectivity index (χ0n) is 20.8. The fourth-order valence-corrected chi connectivity index (χ4v) is 7.03. The van der Waals surface area contributed by atoms with Gasteiger partial charge >= 0.3 is 0 Å². The van der Waals surface area contributed by atoms with Crippen LogP contribution in [0.5, 0.6) is 0 Å². The molecule has 4 aliphatic heterocycles. The van der Waals surface area contributed by atoms with Gasteiger partial charge in [0.2, 0.25) is 0 Å². The van der Waals surface area contributed by atoms with Crippen molar-refractivity contribution in [3.05, 3.63) is 59.5 Å². The highest BCUT2D eigenvalue weighted by Gasteiger charge is 2.32. The highest BCUT2D eigenvalue weighted by atomic mass is 31.1. The Bertz CT molecular complexity index is 1230. The summed E-state index contributed by atoms with van der Waals surface area (Å²) in [6.45, 7) is 10.8. The van der Waals surface area contributed by atoms with Gasteiger partial charge in [-0.2, -0.15) is 5.10 Å². The largest absolute Gasteiger partial charge is 0.370 e. The van der Waals surface area contributed by atoms with E-state index in [0.29, 0.717) is 14.6 Å². The minimum absolute atomic E-state index is 0.0426. The molecule has 0 saturated carbocycles. The van der Waals surface area contributed by atoms with Crippen LogP contribution in [0.25, 0.3) is 10.8 Å². The number of piperidine rings is 1. The van der Waals surface area contributed by atoms with E-state index in [1.807, 2.05) is 29.5 Å². The number of piperazine rings is 1. The first-order valence-electron chi connectivity index (χ1n) is 12.7. The molecule has 2 aromatic rings. The second kappa shape index (κ2) is 9.16. The molecule has 8 nitrogen and oxygen atoms in total. The molecule has 2 fully saturated rings. The Labute approximate surface area is 208 Å². The zero-order chi connectivity index (χ0) is 24.1. The number of likely N-dealkylation sites (tertiary alicyclic amines) is 1. The van der Waals surface area contributed by atoms with E-state index >= 15 is 0 Å². The van der Waals surface area contributed by atoms with Crippen molar-refractivity contribution in [1.82, 2.24) is 34.2 Å². The van der Waals surface area contributed by atoms with E-state index in [1.165, 1.54) is 39.0 Å². The molecule has 35 heavy (non-hydrogen) atoms. The average Bonchev–Trinajstić information content (AvgIpc) is 3.29. The number of allylic oxidation sites excluding steroid dienone is 1. The van der Waals surface area contributed by atoms with E-state index in [-0.39, 0.29) is 11.7 Å². The minimum atomic E-state index is 0.0426. The minimum Gasteiger partial charge on any atom is -0.370 e. The van der Waals surface area contributed by atoms with Crippen LogP contribution in [0.4, 0.5) is 0 Å². The molecule has 2 aromatic heterocycles. The maximum absolute atomic E-state index is 13.2. The van der Waals surface area contributed by atoms with Crippen molar-refractivity contribution in [2.45, 2.75) is 38.5 Å². The van der Waals surface area contributed by atoms with Gasteiger partial charge in [0.1, 0.15) is 0 Å². The van der Waals surface area contributed by atoms with Crippen molar-refractivity contribution in [2.75, 3.05) is 46.3 Å². The molecule has 184 valence electrons. The number of likely N-dealkylation sites (N-methyl/N-ethyl adjacent to an activating group) is 1. The SMILES string of the molecule is Cc1cn2nc(C3=CC(=O)N4C=C(N5CCC(N6CCN(C)CC6)CC5)C=CC4P3)cc2c(C)n1. The van der Waals surface area contributed by atoms with E-state index in [2.05, 4.69) is 51.1 Å². The topological polar surface area (TPSA) is 60.2 Å². The Morgan fingerprint density at radius 2 is 1.83 bits per heavy atom. The van der Waals surface area contributed by atoms with Gasteiger partial charge in [-0.25, -0.2) is 4.52 Å². The van der Waals surface area contributed by atoms with Gasteiger partial charge < -0.3 is 14.7 Å². The summed E-state index contributed by atoms with van der Waals surface area (Å²) < 4.78 is 1.88. The smallest absolute Gasteiger partial charge is 0.252 e. The molecule has 2 atom stereocenters. The standard InChI is InChI=1S/C26H34N7OP/c1-18-16-33-23(19(2)27-18)14-22(28-33)24-15-25(34)32-17-21(4-5-26(32)35-24)30-8-6-20(7-9-30)31-12-10-29(3)11-13-31/h4-5,14-17,20,26,35H,6-13H2,1-3H3. The third kappa shape index (κ3) is 4.44. The number of carbonyl (C=O) groups is 1. The maximum Gasteiger partial charge on any atom is 0.252 e. The predicted molar refractivity (Wildman–Crippen MR) is 140 cm³/mol. The molecule has 0 aliphatic carbocycles. The Hall–Kier alpha value is -2.54. The van der Waals surface area contributed by atoms with Crippen LogP contribution < -0.4 is 0 Å². The molecule has 0 spiro atoms. The summed E-state index contributed by atoms with van der Waals surface area (Å²) >= 11 is 0. The van der Waals surface area contributed by atoms with Crippen LogP contribution in [-0.4, -0.2) is 98.2 Å². The van der Waals surface area contributed by atoms with E-state index in [4.69, 9.17) is 5.10 Å². The Morgan fingerprint density at radius 1 is 1.06 bits per heavy atom. The monoisotopic (exact) mass is 491 g/mol. The summed E-state index contributed by atoms with van der Waals surface area (Å²) in [5.74, 6) is 0.112. The fourth-order valence-electron chi connectivity index (χ4n) is 5.70. The summed E-state index contributed by atoms with van der Waals surface area (Å²) in [4.78, 5) is 27.2. The van der Waals surface area contributed by atoms with Crippen LogP contribution in [-0.2, 0) is 4.79 Å². The van der Waals surface area contributed by atoms with Crippen LogP contribution in [0.1, 0.15) is 29.9 Å². The lowest BCUT2D eigenvalue weighted by molar-refractivity contribution is -0.123. The third-order valence-corrected chi connectivity index (χ3v) is 9.24. The first-order chi connectivity index (χ1) is 16.9. The Kier molecular flexibility index (Phi) is 5.99. The van der Waals surface area contributed by atoms with Crippen LogP contribution in [0.2, 0.25) is 0 Å². The molecular weight excluding hydrogens is 457 g/mol. The van der Waals surface area contributed by atoms with Gasteiger partial charge in [0.05, 0.1) is 40.3 Å². The van der Waals surface area contributed by atoms with Gasteiger partial charge in [-0.05, 0) is 45.9 Å². The van der Waals surface area contributed by atoms with Crippen LogP contribution in [0.15, 0.2) is 42.4 Å². The zero-order valence-corrected chi connectivity index (χ0v) is 21.8. The highest BCUT2D eigenvalue weighted by molar-refractivity contribution is 7.51. The first kappa shape index (κ1) is 22.9. The first-order valence-corrected chi connectivity index (χ1v) is 13.7. The number of hydrogen-bond donors (Lipinski definition) is 0. The molecule has 4 aliphatic rings. The Morgan fingerprint density at radius 3 is 2.60 bits per heavy atom. The number of amides is 1. The number of aryl methyl sites for hydroxylation is 2. The quantitative estimate of drug-likeness (QED) is 0.616. The van der Waals surface area contributed by atoms with E-state index < -0.39 is 0 Å². The highest BCUT2D eigenvalue weighted by Crippen LogP contribution is 2.44. The summed E-state index contributed by atoms with van der Waals surface area (Å²) in [6, 6.07) is 2.75. The molecular formula is C26H34N7OP. The van der Waals surface area contributed by atoms with E-state index in [1.54, 1.807) is 6.08 Å². The normalized spacial score (nSPS) is 25.3. The van der Waals surface area contributed by atoms with Crippen molar-refractivity contribution >= 4 is 25.3 Å². The number of nitrogens with zero attached hydrogens (tertiary/aromatic N) is 7. The molecule has 1 amide bonds. The molecule has 0 N–H and O–H groups in total.